The maximum Gasteiger partial charge on any atom is 0.327 e. The molecule has 3 heterocycles. The summed E-state index contributed by atoms with van der Waals surface area (Å²) < 4.78 is 30.9. The number of fused-ring (bicyclic) bond motifs is 1. The van der Waals surface area contributed by atoms with Gasteiger partial charge >= 0.3 is 12.7 Å². The molecule has 0 radical (unpaired) electrons. The van der Waals surface area contributed by atoms with Crippen molar-refractivity contribution >= 4 is 41.2 Å². The number of rotatable bonds is 10. The Morgan fingerprint density at radius 2 is 2.24 bits per heavy atom. The lowest BCUT2D eigenvalue weighted by Gasteiger charge is -2.27. The number of nitrogens with one attached hydrogen (secondary N) is 2. The first-order chi connectivity index (χ1) is 15.9. The number of carbonyl (C=O) groups is 1. The Kier molecular flexibility index (Phi) is 8.07. The van der Waals surface area contributed by atoms with Crippen molar-refractivity contribution in [2.24, 2.45) is 0 Å². The Labute approximate surface area is 198 Å². The molecule has 0 spiro atoms. The van der Waals surface area contributed by atoms with E-state index in [1.54, 1.807) is 13.8 Å². The number of carbonyl (C=O) groups excluding carboxylic acids is 1. The Bertz CT molecular complexity index is 1140. The number of nitrogens with zero attached hydrogens (tertiary/aromatic N) is 3. The van der Waals surface area contributed by atoms with E-state index in [4.69, 9.17) is 19.7 Å². The van der Waals surface area contributed by atoms with E-state index < -0.39 is 48.3 Å². The van der Waals surface area contributed by atoms with Crippen molar-refractivity contribution in [2.75, 3.05) is 24.7 Å². The van der Waals surface area contributed by atoms with Crippen LogP contribution >= 0.6 is 18.1 Å². The van der Waals surface area contributed by atoms with Crippen LogP contribution in [0.15, 0.2) is 11.1 Å². The molecule has 0 aromatic carbocycles. The van der Waals surface area contributed by atoms with Crippen molar-refractivity contribution in [3.8, 4) is 0 Å². The fourth-order valence-electron chi connectivity index (χ4n) is 3.50. The lowest BCUT2D eigenvalue weighted by Crippen LogP contribution is -2.44. The van der Waals surface area contributed by atoms with Gasteiger partial charge in [0.1, 0.15) is 23.9 Å². The van der Waals surface area contributed by atoms with Crippen molar-refractivity contribution in [3.63, 3.8) is 0 Å². The van der Waals surface area contributed by atoms with Crippen LogP contribution in [0.2, 0.25) is 0 Å². The Hall–Kier alpha value is -2.00. The molecule has 0 saturated carbocycles. The van der Waals surface area contributed by atoms with Gasteiger partial charge in [0.2, 0.25) is 5.95 Å². The zero-order valence-corrected chi connectivity index (χ0v) is 20.8. The van der Waals surface area contributed by atoms with E-state index in [2.05, 4.69) is 20.0 Å². The summed E-state index contributed by atoms with van der Waals surface area (Å²) in [4.78, 5) is 34.4. The lowest BCUT2D eigenvalue weighted by atomic mass is 9.96. The Morgan fingerprint density at radius 1 is 1.53 bits per heavy atom. The molecule has 1 aliphatic rings. The van der Waals surface area contributed by atoms with Crippen LogP contribution in [0, 0.1) is 0 Å². The van der Waals surface area contributed by atoms with E-state index in [0.29, 0.717) is 5.75 Å². The lowest BCUT2D eigenvalue weighted by molar-refractivity contribution is -0.144. The van der Waals surface area contributed by atoms with Gasteiger partial charge in [-0.1, -0.05) is 18.3 Å². The number of anilines is 1. The molecule has 1 aliphatic heterocycles. The van der Waals surface area contributed by atoms with Gasteiger partial charge in [-0.25, -0.2) is 10.1 Å². The number of ether oxygens (including phenoxy) is 2. The SMILES string of the molecule is CCOC(=O)[C@H](C)NP(=O)(OC[C@H]1O[C@@H](n2cnc3c(=O)[nH]c(N)nc32)[C@](C)(O)[C@@H]1O)SCC. The minimum atomic E-state index is -3.61. The molecule has 190 valence electrons. The maximum absolute atomic E-state index is 13.3. The molecule has 1 fully saturated rings. The average Bonchev–Trinajstić information content (AvgIpc) is 3.26. The van der Waals surface area contributed by atoms with Crippen LogP contribution in [0.5, 0.6) is 0 Å². The van der Waals surface area contributed by atoms with Crippen LogP contribution in [-0.2, 0) is 23.4 Å². The summed E-state index contributed by atoms with van der Waals surface area (Å²) in [7, 11) is 0. The number of imidazole rings is 1. The van der Waals surface area contributed by atoms with E-state index in [-0.39, 0.29) is 30.3 Å². The Balaban J connectivity index is 1.79. The van der Waals surface area contributed by atoms with Crippen molar-refractivity contribution in [3.05, 3.63) is 16.7 Å². The third kappa shape index (κ3) is 5.30. The molecule has 0 bridgehead atoms. The van der Waals surface area contributed by atoms with Gasteiger partial charge in [-0.05, 0) is 20.8 Å². The number of hydrogen-bond acceptors (Lipinski definition) is 12. The molecule has 3 rings (SSSR count). The summed E-state index contributed by atoms with van der Waals surface area (Å²) in [6.07, 6.45) is -2.54. The first-order valence-corrected chi connectivity index (χ1v) is 13.8. The summed E-state index contributed by atoms with van der Waals surface area (Å²) in [6, 6.07) is -0.901. The number of aromatic nitrogens is 4. The van der Waals surface area contributed by atoms with Gasteiger partial charge in [-0.2, -0.15) is 4.98 Å². The number of nitrogen functional groups attached to an aromatic ring is 1. The van der Waals surface area contributed by atoms with Crippen LogP contribution in [0.25, 0.3) is 11.2 Å². The van der Waals surface area contributed by atoms with Crippen molar-refractivity contribution in [1.29, 1.82) is 0 Å². The third-order valence-corrected chi connectivity index (χ3v) is 9.38. The molecule has 6 atom stereocenters. The summed E-state index contributed by atoms with van der Waals surface area (Å²) in [5.41, 5.74) is 3.23. The number of H-pyrrole nitrogens is 1. The molecule has 1 saturated heterocycles. The summed E-state index contributed by atoms with van der Waals surface area (Å²) in [6.45, 7) is 2.46. The molecule has 2 aromatic heterocycles. The smallest absolute Gasteiger partial charge is 0.327 e. The highest BCUT2D eigenvalue weighted by Crippen LogP contribution is 2.56. The standard InChI is InChI=1S/C18H29N6O8PS/c1-5-30-15(27)9(3)23-33(29,34-6-2)31-7-10-12(25)18(4,28)16(32-10)24-8-20-11-13(24)21-17(19)22-14(11)26/h8-10,12,16,25,28H,5-7H2,1-4H3,(H,23,29)(H3,19,21,22,26)/t9-,10+,12+,16+,18+,33?/m0/s1. The average molecular weight is 521 g/mol. The van der Waals surface area contributed by atoms with Crippen molar-refractivity contribution in [1.82, 2.24) is 24.6 Å². The summed E-state index contributed by atoms with van der Waals surface area (Å²) >= 11 is 0.968. The van der Waals surface area contributed by atoms with Gasteiger partial charge in [0, 0.05) is 5.75 Å². The number of hydrogen-bond donors (Lipinski definition) is 5. The van der Waals surface area contributed by atoms with Crippen LogP contribution in [-0.4, -0.2) is 78.5 Å². The largest absolute Gasteiger partial charge is 0.465 e. The Morgan fingerprint density at radius 3 is 2.88 bits per heavy atom. The molecule has 34 heavy (non-hydrogen) atoms. The van der Waals surface area contributed by atoms with Gasteiger partial charge in [-0.3, -0.25) is 23.7 Å². The second-order valence-corrected chi connectivity index (χ2v) is 12.4. The summed E-state index contributed by atoms with van der Waals surface area (Å²) in [5.74, 6) is -0.328. The van der Waals surface area contributed by atoms with E-state index in [9.17, 15) is 24.4 Å². The molecule has 0 amide bonds. The van der Waals surface area contributed by atoms with Gasteiger partial charge in [-0.15, -0.1) is 0 Å². The number of nitrogens with two attached hydrogens (primary N) is 1. The number of aliphatic hydroxyl groups is 2. The van der Waals surface area contributed by atoms with Gasteiger partial charge < -0.3 is 29.9 Å². The van der Waals surface area contributed by atoms with Crippen molar-refractivity contribution in [2.45, 2.75) is 57.8 Å². The number of aromatic amines is 1. The van der Waals surface area contributed by atoms with Crippen LogP contribution in [0.3, 0.4) is 0 Å². The first kappa shape index (κ1) is 26.6. The minimum Gasteiger partial charge on any atom is -0.465 e. The van der Waals surface area contributed by atoms with Crippen LogP contribution in [0.4, 0.5) is 5.95 Å². The van der Waals surface area contributed by atoms with Gasteiger partial charge in [0.25, 0.3) is 5.56 Å². The highest BCUT2D eigenvalue weighted by Gasteiger charge is 2.54. The fourth-order valence-corrected chi connectivity index (χ4v) is 7.11. The molecular weight excluding hydrogens is 491 g/mol. The highest BCUT2D eigenvalue weighted by atomic mass is 32.7. The van der Waals surface area contributed by atoms with E-state index in [1.165, 1.54) is 24.7 Å². The van der Waals surface area contributed by atoms with Crippen molar-refractivity contribution < 1.29 is 33.6 Å². The summed E-state index contributed by atoms with van der Waals surface area (Å²) in [5, 5.41) is 24.4. The van der Waals surface area contributed by atoms with E-state index in [0.717, 1.165) is 11.4 Å². The second-order valence-electron chi connectivity index (χ2n) is 7.79. The fraction of sp³-hybridized carbons (Fsp3) is 0.667. The molecule has 2 aromatic rings. The second kappa shape index (κ2) is 10.3. The molecule has 0 aliphatic carbocycles. The van der Waals surface area contributed by atoms with Gasteiger partial charge in [0.15, 0.2) is 17.4 Å². The zero-order valence-electron chi connectivity index (χ0n) is 19.1. The predicted molar refractivity (Wildman–Crippen MR) is 124 cm³/mol. The molecule has 14 nitrogen and oxygen atoms in total. The molecular formula is C18H29N6O8PS. The van der Waals surface area contributed by atoms with Gasteiger partial charge in [0.05, 0.1) is 19.5 Å². The van der Waals surface area contributed by atoms with Crippen LogP contribution in [0.1, 0.15) is 33.9 Å². The highest BCUT2D eigenvalue weighted by molar-refractivity contribution is 8.56. The zero-order chi connectivity index (χ0) is 25.3. The maximum atomic E-state index is 13.3. The normalized spacial score (nSPS) is 27.5. The molecule has 1 unspecified atom stereocenters. The number of aliphatic hydroxyl groups excluding tert-OH is 1. The van der Waals surface area contributed by atoms with E-state index in [1.807, 2.05) is 0 Å². The van der Waals surface area contributed by atoms with Crippen LogP contribution < -0.4 is 16.4 Å². The topological polar surface area (TPSA) is 204 Å². The first-order valence-electron chi connectivity index (χ1n) is 10.5. The number of esters is 1. The molecule has 16 heteroatoms. The predicted octanol–water partition coefficient (Wildman–Crippen LogP) is 0.130. The quantitative estimate of drug-likeness (QED) is 0.209. The monoisotopic (exact) mass is 520 g/mol. The minimum absolute atomic E-state index is 0.0243. The third-order valence-electron chi connectivity index (χ3n) is 5.16. The van der Waals surface area contributed by atoms with E-state index >= 15 is 0 Å². The molecule has 6 N–H and O–H groups in total.